The number of benzene rings is 3. The molecule has 232 valence electrons. The van der Waals surface area contributed by atoms with E-state index < -0.39 is 46.8 Å². The third-order valence-corrected chi connectivity index (χ3v) is 7.69. The van der Waals surface area contributed by atoms with E-state index >= 15 is 0 Å². The summed E-state index contributed by atoms with van der Waals surface area (Å²) in [6.45, 7) is 5.50. The van der Waals surface area contributed by atoms with Gasteiger partial charge in [0.15, 0.2) is 0 Å². The van der Waals surface area contributed by atoms with E-state index in [0.29, 0.717) is 0 Å². The molecule has 45 heavy (non-hydrogen) atoms. The molecule has 1 N–H and O–H groups in total. The van der Waals surface area contributed by atoms with Gasteiger partial charge in [0.05, 0.1) is 22.9 Å². The highest BCUT2D eigenvalue weighted by Crippen LogP contribution is 2.39. The van der Waals surface area contributed by atoms with Gasteiger partial charge >= 0.3 is 11.9 Å². The molecule has 3 aromatic carbocycles. The van der Waals surface area contributed by atoms with Gasteiger partial charge in [-0.05, 0) is 47.7 Å². The van der Waals surface area contributed by atoms with Crippen LogP contribution < -0.4 is 0 Å². The summed E-state index contributed by atoms with van der Waals surface area (Å²) in [5.41, 5.74) is 0.649. The molecule has 1 aliphatic rings. The lowest BCUT2D eigenvalue weighted by molar-refractivity contribution is -0.159. The molecule has 0 saturated carbocycles. The molecule has 0 bridgehead atoms. The highest BCUT2D eigenvalue weighted by Gasteiger charge is 2.41. The van der Waals surface area contributed by atoms with Gasteiger partial charge in [0.2, 0.25) is 0 Å². The summed E-state index contributed by atoms with van der Waals surface area (Å²) in [5, 5.41) is 9.85. The molecule has 0 spiro atoms. The fraction of sp³-hybridized carbons (Fsp3) is 0.265. The van der Waals surface area contributed by atoms with Gasteiger partial charge in [-0.1, -0.05) is 63.2 Å². The second-order valence-electron chi connectivity index (χ2n) is 12.0. The molecular formula is C34H32F2N4O5. The van der Waals surface area contributed by atoms with Crippen LogP contribution in [0.5, 0.6) is 0 Å². The van der Waals surface area contributed by atoms with Crippen molar-refractivity contribution in [2.75, 3.05) is 13.1 Å². The molecular weight excluding hydrogens is 582 g/mol. The Hall–Kier alpha value is -5.19. The van der Waals surface area contributed by atoms with Crippen LogP contribution in [-0.2, 0) is 16.1 Å². The molecule has 0 saturated heterocycles. The Morgan fingerprint density at radius 3 is 2.13 bits per heavy atom. The van der Waals surface area contributed by atoms with Crippen LogP contribution in [0.2, 0.25) is 0 Å². The normalized spacial score (nSPS) is 13.6. The number of carboxylic acid groups (broad SMARTS) is 1. The minimum absolute atomic E-state index is 0.0508. The van der Waals surface area contributed by atoms with E-state index in [-0.39, 0.29) is 54.3 Å². The van der Waals surface area contributed by atoms with Crippen LogP contribution in [0, 0.1) is 17.0 Å². The number of halogens is 2. The van der Waals surface area contributed by atoms with E-state index in [9.17, 15) is 33.1 Å². The smallest absolute Gasteiger partial charge is 0.394 e. The lowest BCUT2D eigenvalue weighted by Crippen LogP contribution is -2.46. The Morgan fingerprint density at radius 1 is 0.911 bits per heavy atom. The molecule has 2 heterocycles. The van der Waals surface area contributed by atoms with Gasteiger partial charge in [-0.25, -0.2) is 18.6 Å². The van der Waals surface area contributed by atoms with Crippen LogP contribution >= 0.6 is 0 Å². The quantitative estimate of drug-likeness (QED) is 0.195. The number of hydrogen-bond donors (Lipinski definition) is 1. The van der Waals surface area contributed by atoms with Crippen molar-refractivity contribution in [3.8, 4) is 11.3 Å². The number of aromatic nitrogens is 2. The number of nitrogens with zero attached hydrogens (tertiary/aromatic N) is 4. The number of aliphatic carboxylic acids is 1. The van der Waals surface area contributed by atoms with Crippen molar-refractivity contribution < 1.29 is 33.1 Å². The van der Waals surface area contributed by atoms with Gasteiger partial charge in [-0.2, -0.15) is 0 Å². The van der Waals surface area contributed by atoms with E-state index in [1.807, 2.05) is 51.1 Å². The van der Waals surface area contributed by atoms with Crippen molar-refractivity contribution in [2.45, 2.75) is 39.8 Å². The van der Waals surface area contributed by atoms with Gasteiger partial charge in [-0.3, -0.25) is 19.3 Å². The first-order valence-electron chi connectivity index (χ1n) is 14.4. The maximum absolute atomic E-state index is 14.9. The highest BCUT2D eigenvalue weighted by molar-refractivity contribution is 6.31. The summed E-state index contributed by atoms with van der Waals surface area (Å²) in [4.78, 5) is 58.2. The van der Waals surface area contributed by atoms with Crippen LogP contribution in [0.25, 0.3) is 11.3 Å². The molecule has 1 aromatic heterocycles. The van der Waals surface area contributed by atoms with Crippen molar-refractivity contribution >= 4 is 23.7 Å². The number of carboxylic acids is 1. The summed E-state index contributed by atoms with van der Waals surface area (Å²) in [7, 11) is 0. The van der Waals surface area contributed by atoms with E-state index in [2.05, 4.69) is 0 Å². The van der Waals surface area contributed by atoms with E-state index in [1.54, 1.807) is 35.0 Å². The van der Waals surface area contributed by atoms with Crippen LogP contribution in [-0.4, -0.2) is 61.2 Å². The van der Waals surface area contributed by atoms with Crippen molar-refractivity contribution in [1.82, 2.24) is 19.4 Å². The SMILES string of the molecule is CC(C)(C)[C@H](c1nc(-c2cc(F)ccc2F)cn1Cc1ccccc1)N(CCCN1C(=O)c2ccccc2C1=O)C(=O)C(=O)O. The summed E-state index contributed by atoms with van der Waals surface area (Å²) in [6.07, 6.45) is 1.64. The van der Waals surface area contributed by atoms with E-state index in [4.69, 9.17) is 4.98 Å². The molecule has 1 aliphatic heterocycles. The molecule has 0 aliphatic carbocycles. The van der Waals surface area contributed by atoms with E-state index in [0.717, 1.165) is 33.6 Å². The zero-order valence-electron chi connectivity index (χ0n) is 25.0. The number of fused-ring (bicyclic) bond motifs is 1. The number of rotatable bonds is 9. The van der Waals surface area contributed by atoms with Gasteiger partial charge < -0.3 is 14.6 Å². The monoisotopic (exact) mass is 614 g/mol. The van der Waals surface area contributed by atoms with Crippen molar-refractivity contribution in [1.29, 1.82) is 0 Å². The van der Waals surface area contributed by atoms with Gasteiger partial charge in [0.1, 0.15) is 17.5 Å². The predicted octanol–water partition coefficient (Wildman–Crippen LogP) is 5.56. The average molecular weight is 615 g/mol. The maximum Gasteiger partial charge on any atom is 0.394 e. The summed E-state index contributed by atoms with van der Waals surface area (Å²) >= 11 is 0. The fourth-order valence-electron chi connectivity index (χ4n) is 5.69. The second-order valence-corrected chi connectivity index (χ2v) is 12.0. The summed E-state index contributed by atoms with van der Waals surface area (Å²) in [5.74, 6) is -4.90. The number of amides is 3. The third kappa shape index (κ3) is 6.38. The Labute approximate surface area is 258 Å². The first kappa shape index (κ1) is 31.2. The van der Waals surface area contributed by atoms with Crippen LogP contribution in [0.1, 0.15) is 65.3 Å². The Bertz CT molecular complexity index is 1750. The number of hydrogen-bond acceptors (Lipinski definition) is 5. The maximum atomic E-state index is 14.9. The summed E-state index contributed by atoms with van der Waals surface area (Å²) in [6, 6.07) is 17.8. The number of carbonyl (C=O) groups is 4. The molecule has 9 nitrogen and oxygen atoms in total. The third-order valence-electron chi connectivity index (χ3n) is 7.69. The molecule has 4 aromatic rings. The standard InChI is InChI=1S/C34H32F2N4O5/c1-34(2,3)28(39(32(43)33(44)45)16-9-17-40-30(41)23-12-7-8-13-24(23)31(40)42)29-37-27(25-18-22(35)14-15-26(25)36)20-38(29)19-21-10-5-4-6-11-21/h4-8,10-15,18,20,28H,9,16-17,19H2,1-3H3,(H,44,45)/t28-/m0/s1. The average Bonchev–Trinajstić information content (AvgIpc) is 3.51. The first-order chi connectivity index (χ1) is 21.4. The van der Waals surface area contributed by atoms with Crippen molar-refractivity contribution in [3.63, 3.8) is 0 Å². The molecule has 0 unspecified atom stereocenters. The zero-order valence-corrected chi connectivity index (χ0v) is 25.0. The largest absolute Gasteiger partial charge is 0.474 e. The number of carbonyl (C=O) groups excluding carboxylic acids is 3. The van der Waals surface area contributed by atoms with Gasteiger partial charge in [-0.15, -0.1) is 0 Å². The Morgan fingerprint density at radius 2 is 1.53 bits per heavy atom. The minimum atomic E-state index is -1.69. The van der Waals surface area contributed by atoms with Crippen LogP contribution in [0.15, 0.2) is 79.0 Å². The van der Waals surface area contributed by atoms with E-state index in [1.165, 1.54) is 0 Å². The molecule has 1 atom stereocenters. The Balaban J connectivity index is 1.54. The highest BCUT2D eigenvalue weighted by atomic mass is 19.1. The van der Waals surface area contributed by atoms with Crippen molar-refractivity contribution in [2.24, 2.45) is 5.41 Å². The second kappa shape index (κ2) is 12.4. The van der Waals surface area contributed by atoms with Crippen LogP contribution in [0.4, 0.5) is 8.78 Å². The molecule has 5 rings (SSSR count). The molecule has 11 heteroatoms. The van der Waals surface area contributed by atoms with Gasteiger partial charge in [0.25, 0.3) is 11.8 Å². The Kier molecular flexibility index (Phi) is 8.63. The van der Waals surface area contributed by atoms with Crippen LogP contribution in [0.3, 0.4) is 0 Å². The molecule has 0 fully saturated rings. The topological polar surface area (TPSA) is 113 Å². The molecule has 3 amide bonds. The lowest BCUT2D eigenvalue weighted by Gasteiger charge is -2.39. The first-order valence-corrected chi connectivity index (χ1v) is 14.4. The lowest BCUT2D eigenvalue weighted by atomic mass is 9.84. The fourth-order valence-corrected chi connectivity index (χ4v) is 5.69. The molecule has 0 radical (unpaired) electrons. The van der Waals surface area contributed by atoms with Gasteiger partial charge in [0, 0.05) is 31.4 Å². The summed E-state index contributed by atoms with van der Waals surface area (Å²) < 4.78 is 30.8. The number of imidazole rings is 1. The minimum Gasteiger partial charge on any atom is -0.474 e. The predicted molar refractivity (Wildman–Crippen MR) is 161 cm³/mol. The number of imide groups is 1. The van der Waals surface area contributed by atoms with Crippen molar-refractivity contribution in [3.05, 3.63) is 113 Å². The zero-order chi connectivity index (χ0) is 32.5.